The van der Waals surface area contributed by atoms with Crippen molar-refractivity contribution in [1.82, 2.24) is 0 Å². The second kappa shape index (κ2) is 17.3. The fourth-order valence-electron chi connectivity index (χ4n) is 3.09. The van der Waals surface area contributed by atoms with Gasteiger partial charge in [0.15, 0.2) is 0 Å². The topological polar surface area (TPSA) is 107 Å². The third kappa shape index (κ3) is 10.4. The number of nitrogens with two attached hydrogens (primary N) is 2. The summed E-state index contributed by atoms with van der Waals surface area (Å²) in [4.78, 5) is 0. The van der Waals surface area contributed by atoms with E-state index in [0.29, 0.717) is 13.1 Å². The van der Waals surface area contributed by atoms with Crippen molar-refractivity contribution in [2.24, 2.45) is 16.9 Å². The van der Waals surface area contributed by atoms with Crippen molar-refractivity contribution in [2.75, 3.05) is 55.7 Å². The summed E-state index contributed by atoms with van der Waals surface area (Å²) >= 11 is 0. The third-order valence-electron chi connectivity index (χ3n) is 5.11. The van der Waals surface area contributed by atoms with E-state index in [2.05, 4.69) is 0 Å². The highest BCUT2D eigenvalue weighted by Gasteiger charge is 2.40. The van der Waals surface area contributed by atoms with Crippen molar-refractivity contribution < 1.29 is 26.6 Å². The maximum Gasteiger partial charge on any atom is 0.500 e. The molecule has 0 aromatic carbocycles. The van der Waals surface area contributed by atoms with Crippen molar-refractivity contribution in [3.63, 3.8) is 0 Å². The molecule has 27 heavy (non-hydrogen) atoms. The first-order valence-corrected chi connectivity index (χ1v) is 12.5. The minimum absolute atomic E-state index is 0. The predicted molar refractivity (Wildman–Crippen MR) is 133 cm³/mol. The summed E-state index contributed by atoms with van der Waals surface area (Å²) in [6, 6.07) is 1.48. The summed E-state index contributed by atoms with van der Waals surface area (Å²) in [7, 11) is 4.65. The Morgan fingerprint density at radius 2 is 0.852 bits per heavy atom. The van der Waals surface area contributed by atoms with Gasteiger partial charge in [-0.25, -0.2) is 0 Å². The smallest absolute Gasteiger partial charge is 0.377 e. The van der Waals surface area contributed by atoms with Gasteiger partial charge in [-0.1, -0.05) is 0 Å². The van der Waals surface area contributed by atoms with Crippen LogP contribution >= 0.6 is 48.0 Å². The van der Waals surface area contributed by atoms with E-state index in [1.807, 2.05) is 0 Å². The highest BCUT2D eigenvalue weighted by Crippen LogP contribution is 2.32. The molecule has 0 aliphatic carbocycles. The Balaban J connectivity index is -0.00000288. The quantitative estimate of drug-likeness (QED) is 0.193. The molecule has 0 aliphatic rings. The van der Waals surface area contributed by atoms with Crippen molar-refractivity contribution in [2.45, 2.75) is 37.8 Å². The van der Waals surface area contributed by atoms with E-state index in [4.69, 9.17) is 38.0 Å². The molecule has 0 aromatic heterocycles. The first-order chi connectivity index (χ1) is 11.9. The van der Waals surface area contributed by atoms with Gasteiger partial charge in [-0.15, -0.1) is 48.0 Å². The molecule has 0 saturated heterocycles. The van der Waals surface area contributed by atoms with E-state index in [1.165, 1.54) is 0 Å². The second-order valence-electron chi connectivity index (χ2n) is 6.21. The van der Waals surface area contributed by atoms with Gasteiger partial charge in [-0.05, 0) is 44.2 Å². The van der Waals surface area contributed by atoms with Crippen LogP contribution in [0.2, 0.25) is 12.1 Å². The van der Waals surface area contributed by atoms with Gasteiger partial charge in [0.2, 0.25) is 0 Å². The highest BCUT2D eigenvalue weighted by atomic mass is 127. The average molecular weight is 654 g/mol. The number of rotatable bonds is 16. The largest absolute Gasteiger partial charge is 0.500 e. The SMILES string of the molecule is CO[Si](CCCC(CN)(CN)CCC[Si](OC)(OC)OC)(OC)OC.I.I. The molecule has 0 spiro atoms. The third-order valence-corrected chi connectivity index (χ3v) is 10.8. The van der Waals surface area contributed by atoms with Gasteiger partial charge in [0.1, 0.15) is 0 Å². The van der Waals surface area contributed by atoms with Crippen LogP contribution < -0.4 is 11.5 Å². The molecule has 168 valence electrons. The summed E-state index contributed by atoms with van der Waals surface area (Å²) in [6.07, 6.45) is 3.56. The van der Waals surface area contributed by atoms with Gasteiger partial charge in [0, 0.05) is 54.7 Å². The molecular weight excluding hydrogens is 614 g/mol. The lowest BCUT2D eigenvalue weighted by Crippen LogP contribution is -2.44. The number of halogens is 2. The molecule has 0 fully saturated rings. The maximum absolute atomic E-state index is 6.07. The Hall–Kier alpha value is 1.57. The van der Waals surface area contributed by atoms with Crippen LogP contribution in [0.4, 0.5) is 0 Å². The normalized spacial score (nSPS) is 12.4. The van der Waals surface area contributed by atoms with Crippen LogP contribution in [-0.2, 0) is 26.6 Å². The molecular formula is C15H40I2N2O6Si2. The van der Waals surface area contributed by atoms with E-state index in [1.54, 1.807) is 42.7 Å². The van der Waals surface area contributed by atoms with Crippen LogP contribution in [-0.4, -0.2) is 73.4 Å². The number of hydrogen-bond donors (Lipinski definition) is 2. The summed E-state index contributed by atoms with van der Waals surface area (Å²) in [5, 5.41) is 0. The molecule has 0 aromatic rings. The Morgan fingerprint density at radius 1 is 0.593 bits per heavy atom. The molecule has 4 N–H and O–H groups in total. The lowest BCUT2D eigenvalue weighted by Gasteiger charge is -2.33. The van der Waals surface area contributed by atoms with E-state index in [-0.39, 0.29) is 53.4 Å². The van der Waals surface area contributed by atoms with E-state index in [9.17, 15) is 0 Å². The predicted octanol–water partition coefficient (Wildman–Crippen LogP) is 2.44. The van der Waals surface area contributed by atoms with E-state index < -0.39 is 17.6 Å². The van der Waals surface area contributed by atoms with Gasteiger partial charge in [0.25, 0.3) is 0 Å². The standard InChI is InChI=1S/C15H38N2O6Si2.2HI/c1-18-24(19-2,20-3)11-7-9-15(13-16,14-17)10-8-12-25(21-4,22-5)23-6;;/h7-14,16-17H2,1-6H3;2*1H. The zero-order chi connectivity index (χ0) is 19.4. The molecule has 0 aliphatic heterocycles. The van der Waals surface area contributed by atoms with Crippen LogP contribution in [0.5, 0.6) is 0 Å². The summed E-state index contributed by atoms with van der Waals surface area (Å²) in [6.45, 7) is 1.07. The Bertz CT molecular complexity index is 306. The molecule has 0 saturated carbocycles. The average Bonchev–Trinajstić information content (AvgIpc) is 2.68. The van der Waals surface area contributed by atoms with Crippen molar-refractivity contribution in [3.8, 4) is 0 Å². The minimum Gasteiger partial charge on any atom is -0.377 e. The molecule has 0 bridgehead atoms. The van der Waals surface area contributed by atoms with Crippen molar-refractivity contribution in [3.05, 3.63) is 0 Å². The summed E-state index contributed by atoms with van der Waals surface area (Å²) in [5.41, 5.74) is 12.0. The monoisotopic (exact) mass is 654 g/mol. The zero-order valence-electron chi connectivity index (χ0n) is 17.6. The fraction of sp³-hybridized carbons (Fsp3) is 1.00. The first-order valence-electron chi connectivity index (χ1n) is 8.61. The van der Waals surface area contributed by atoms with Crippen LogP contribution in [0, 0.1) is 5.41 Å². The molecule has 8 nitrogen and oxygen atoms in total. The molecule has 0 heterocycles. The minimum atomic E-state index is -2.56. The molecule has 0 amide bonds. The summed E-state index contributed by atoms with van der Waals surface area (Å²) < 4.78 is 32.9. The van der Waals surface area contributed by atoms with Crippen molar-refractivity contribution >= 4 is 65.6 Å². The van der Waals surface area contributed by atoms with Crippen LogP contribution in [0.15, 0.2) is 0 Å². The van der Waals surface area contributed by atoms with Gasteiger partial charge in [-0.2, -0.15) is 0 Å². The highest BCUT2D eigenvalue weighted by molar-refractivity contribution is 14.0. The Kier molecular flexibility index (Phi) is 21.3. The zero-order valence-corrected chi connectivity index (χ0v) is 24.2. The second-order valence-corrected chi connectivity index (χ2v) is 12.4. The first kappa shape index (κ1) is 33.2. The lowest BCUT2D eigenvalue weighted by molar-refractivity contribution is 0.118. The van der Waals surface area contributed by atoms with Crippen LogP contribution in [0.1, 0.15) is 25.7 Å². The Morgan fingerprint density at radius 3 is 1.04 bits per heavy atom. The molecule has 0 atom stereocenters. The van der Waals surface area contributed by atoms with Gasteiger partial charge in [0.05, 0.1) is 0 Å². The summed E-state index contributed by atoms with van der Waals surface area (Å²) in [5.74, 6) is 0. The maximum atomic E-state index is 6.07. The van der Waals surface area contributed by atoms with E-state index in [0.717, 1.165) is 37.8 Å². The van der Waals surface area contributed by atoms with Gasteiger partial charge in [-0.3, -0.25) is 0 Å². The molecule has 0 unspecified atom stereocenters. The molecule has 0 radical (unpaired) electrons. The van der Waals surface area contributed by atoms with E-state index >= 15 is 0 Å². The Labute approximate surface area is 201 Å². The van der Waals surface area contributed by atoms with Crippen LogP contribution in [0.25, 0.3) is 0 Å². The van der Waals surface area contributed by atoms with Gasteiger partial charge >= 0.3 is 17.6 Å². The van der Waals surface area contributed by atoms with Crippen LogP contribution in [0.3, 0.4) is 0 Å². The van der Waals surface area contributed by atoms with Gasteiger partial charge < -0.3 is 38.0 Å². The van der Waals surface area contributed by atoms with Crippen molar-refractivity contribution in [1.29, 1.82) is 0 Å². The fourth-order valence-corrected chi connectivity index (χ4v) is 6.53. The molecule has 12 heteroatoms. The lowest BCUT2D eigenvalue weighted by atomic mass is 9.79. The molecule has 0 rings (SSSR count). The number of hydrogen-bond acceptors (Lipinski definition) is 8.